The molecule has 7 nitrogen and oxygen atoms in total. The number of aryl methyl sites for hydroxylation is 1. The summed E-state index contributed by atoms with van der Waals surface area (Å²) in [6.45, 7) is 2.57. The Bertz CT molecular complexity index is 804. The second-order valence-corrected chi connectivity index (χ2v) is 6.14. The molecule has 1 aliphatic rings. The SMILES string of the molecule is Cc1cc(O)cc(=O)n1CCC(=O)N[C@H]1CCO[C@@H]1c1cccnc1. The summed E-state index contributed by atoms with van der Waals surface area (Å²) in [6.07, 6.45) is 4.17. The average molecular weight is 343 g/mol. The summed E-state index contributed by atoms with van der Waals surface area (Å²) >= 11 is 0. The summed E-state index contributed by atoms with van der Waals surface area (Å²) in [5, 5.41) is 12.4. The van der Waals surface area contributed by atoms with Gasteiger partial charge in [0, 0.05) is 49.3 Å². The third-order valence-electron chi connectivity index (χ3n) is 4.33. The molecule has 7 heteroatoms. The molecule has 0 bridgehead atoms. The van der Waals surface area contributed by atoms with Crippen LogP contribution in [0.15, 0.2) is 41.5 Å². The van der Waals surface area contributed by atoms with Crippen molar-refractivity contribution in [3.8, 4) is 5.75 Å². The maximum absolute atomic E-state index is 12.3. The van der Waals surface area contributed by atoms with Gasteiger partial charge >= 0.3 is 0 Å². The van der Waals surface area contributed by atoms with E-state index >= 15 is 0 Å². The normalized spacial score (nSPS) is 19.7. The molecule has 0 saturated carbocycles. The largest absolute Gasteiger partial charge is 0.508 e. The average Bonchev–Trinajstić information content (AvgIpc) is 3.02. The molecule has 0 aliphatic carbocycles. The molecule has 1 aliphatic heterocycles. The number of ether oxygens (including phenoxy) is 1. The number of amides is 1. The zero-order valence-corrected chi connectivity index (χ0v) is 14.0. The molecule has 1 fully saturated rings. The summed E-state index contributed by atoms with van der Waals surface area (Å²) in [6, 6.07) is 6.32. The van der Waals surface area contributed by atoms with E-state index in [1.807, 2.05) is 12.1 Å². The smallest absolute Gasteiger partial charge is 0.254 e. The molecule has 3 rings (SSSR count). The van der Waals surface area contributed by atoms with Crippen LogP contribution in [-0.4, -0.2) is 33.2 Å². The van der Waals surface area contributed by atoms with Crippen LogP contribution in [-0.2, 0) is 16.1 Å². The van der Waals surface area contributed by atoms with Gasteiger partial charge in [-0.05, 0) is 25.5 Å². The summed E-state index contributed by atoms with van der Waals surface area (Å²) in [5.74, 6) is -0.200. The van der Waals surface area contributed by atoms with Gasteiger partial charge in [-0.1, -0.05) is 6.07 Å². The highest BCUT2D eigenvalue weighted by Gasteiger charge is 2.30. The lowest BCUT2D eigenvalue weighted by atomic mass is 10.0. The topological polar surface area (TPSA) is 93.5 Å². The number of hydrogen-bond acceptors (Lipinski definition) is 5. The van der Waals surface area contributed by atoms with Crippen LogP contribution in [0.3, 0.4) is 0 Å². The highest BCUT2D eigenvalue weighted by atomic mass is 16.5. The Hall–Kier alpha value is -2.67. The second-order valence-electron chi connectivity index (χ2n) is 6.14. The molecule has 0 unspecified atom stereocenters. The predicted molar refractivity (Wildman–Crippen MR) is 91.2 cm³/mol. The quantitative estimate of drug-likeness (QED) is 0.853. The predicted octanol–water partition coefficient (Wildman–Crippen LogP) is 1.29. The third kappa shape index (κ3) is 4.06. The number of hydrogen-bond donors (Lipinski definition) is 2. The first-order chi connectivity index (χ1) is 12.0. The van der Waals surface area contributed by atoms with Crippen LogP contribution in [0.1, 0.15) is 30.2 Å². The van der Waals surface area contributed by atoms with Crippen LogP contribution < -0.4 is 10.9 Å². The monoisotopic (exact) mass is 343 g/mol. The van der Waals surface area contributed by atoms with Crippen molar-refractivity contribution in [1.82, 2.24) is 14.9 Å². The van der Waals surface area contributed by atoms with E-state index in [0.717, 1.165) is 18.1 Å². The van der Waals surface area contributed by atoms with Gasteiger partial charge in [-0.3, -0.25) is 14.6 Å². The van der Waals surface area contributed by atoms with Gasteiger partial charge in [0.1, 0.15) is 11.9 Å². The Morgan fingerprint density at radius 1 is 1.48 bits per heavy atom. The van der Waals surface area contributed by atoms with Crippen molar-refractivity contribution >= 4 is 5.91 Å². The minimum atomic E-state index is -0.317. The Kier molecular flexibility index (Phi) is 5.14. The van der Waals surface area contributed by atoms with E-state index in [1.54, 1.807) is 19.3 Å². The second kappa shape index (κ2) is 7.48. The van der Waals surface area contributed by atoms with E-state index in [1.165, 1.54) is 10.6 Å². The van der Waals surface area contributed by atoms with Crippen LogP contribution in [0, 0.1) is 6.92 Å². The number of aromatic hydroxyl groups is 1. The van der Waals surface area contributed by atoms with E-state index < -0.39 is 0 Å². The van der Waals surface area contributed by atoms with Gasteiger partial charge in [-0.15, -0.1) is 0 Å². The summed E-state index contributed by atoms with van der Waals surface area (Å²) in [7, 11) is 0. The fourth-order valence-corrected chi connectivity index (χ4v) is 3.10. The highest BCUT2D eigenvalue weighted by molar-refractivity contribution is 5.76. The molecule has 0 spiro atoms. The van der Waals surface area contributed by atoms with Gasteiger partial charge in [-0.25, -0.2) is 0 Å². The third-order valence-corrected chi connectivity index (χ3v) is 4.33. The Balaban J connectivity index is 1.60. The number of carbonyl (C=O) groups is 1. The molecule has 2 aromatic rings. The first-order valence-corrected chi connectivity index (χ1v) is 8.26. The highest BCUT2D eigenvalue weighted by Crippen LogP contribution is 2.28. The van der Waals surface area contributed by atoms with Crippen molar-refractivity contribution in [2.75, 3.05) is 6.61 Å². The van der Waals surface area contributed by atoms with Crippen molar-refractivity contribution in [1.29, 1.82) is 0 Å². The molecule has 25 heavy (non-hydrogen) atoms. The fraction of sp³-hybridized carbons (Fsp3) is 0.389. The van der Waals surface area contributed by atoms with Gasteiger partial charge < -0.3 is 19.7 Å². The number of carbonyl (C=O) groups excluding carboxylic acids is 1. The van der Waals surface area contributed by atoms with E-state index in [0.29, 0.717) is 12.3 Å². The van der Waals surface area contributed by atoms with E-state index in [9.17, 15) is 14.7 Å². The van der Waals surface area contributed by atoms with Gasteiger partial charge in [0.15, 0.2) is 0 Å². The number of nitrogens with one attached hydrogen (secondary N) is 1. The molecule has 3 heterocycles. The summed E-state index contributed by atoms with van der Waals surface area (Å²) in [4.78, 5) is 28.3. The lowest BCUT2D eigenvalue weighted by Gasteiger charge is -2.20. The number of aromatic nitrogens is 2. The summed E-state index contributed by atoms with van der Waals surface area (Å²) in [5.41, 5.74) is 1.24. The van der Waals surface area contributed by atoms with Gasteiger partial charge in [-0.2, -0.15) is 0 Å². The fourth-order valence-electron chi connectivity index (χ4n) is 3.10. The lowest BCUT2D eigenvalue weighted by molar-refractivity contribution is -0.122. The van der Waals surface area contributed by atoms with Crippen LogP contribution in [0.5, 0.6) is 5.75 Å². The Morgan fingerprint density at radius 3 is 3.04 bits per heavy atom. The molecule has 132 valence electrons. The van der Waals surface area contributed by atoms with Crippen molar-refractivity contribution in [2.45, 2.75) is 38.5 Å². The minimum Gasteiger partial charge on any atom is -0.508 e. The van der Waals surface area contributed by atoms with Gasteiger partial charge in [0.05, 0.1) is 6.04 Å². The van der Waals surface area contributed by atoms with Crippen molar-refractivity contribution in [3.05, 3.63) is 58.3 Å². The zero-order valence-electron chi connectivity index (χ0n) is 14.0. The van der Waals surface area contributed by atoms with Crippen molar-refractivity contribution in [2.24, 2.45) is 0 Å². The minimum absolute atomic E-state index is 0.0642. The molecule has 0 radical (unpaired) electrons. The molecule has 2 atom stereocenters. The maximum atomic E-state index is 12.3. The first kappa shape index (κ1) is 17.2. The molecule has 2 aromatic heterocycles. The molecule has 1 amide bonds. The molecule has 1 saturated heterocycles. The number of pyridine rings is 2. The van der Waals surface area contributed by atoms with Crippen molar-refractivity contribution < 1.29 is 14.6 Å². The van der Waals surface area contributed by atoms with Crippen LogP contribution in [0.2, 0.25) is 0 Å². The molecular formula is C18H21N3O4. The van der Waals surface area contributed by atoms with E-state index in [2.05, 4.69) is 10.3 Å². The Morgan fingerprint density at radius 2 is 2.32 bits per heavy atom. The van der Waals surface area contributed by atoms with E-state index in [-0.39, 0.29) is 42.3 Å². The number of rotatable bonds is 5. The number of nitrogens with zero attached hydrogens (tertiary/aromatic N) is 2. The van der Waals surface area contributed by atoms with Crippen LogP contribution >= 0.6 is 0 Å². The van der Waals surface area contributed by atoms with E-state index in [4.69, 9.17) is 4.74 Å². The van der Waals surface area contributed by atoms with Crippen LogP contribution in [0.4, 0.5) is 0 Å². The van der Waals surface area contributed by atoms with Gasteiger partial charge in [0.2, 0.25) is 5.91 Å². The molecular weight excluding hydrogens is 322 g/mol. The summed E-state index contributed by atoms with van der Waals surface area (Å²) < 4.78 is 7.20. The maximum Gasteiger partial charge on any atom is 0.254 e. The zero-order chi connectivity index (χ0) is 17.8. The Labute approximate surface area is 145 Å². The first-order valence-electron chi connectivity index (χ1n) is 8.26. The van der Waals surface area contributed by atoms with Crippen LogP contribution in [0.25, 0.3) is 0 Å². The molecule has 2 N–H and O–H groups in total. The van der Waals surface area contributed by atoms with Gasteiger partial charge in [0.25, 0.3) is 5.56 Å². The van der Waals surface area contributed by atoms with Crippen molar-refractivity contribution in [3.63, 3.8) is 0 Å². The standard InChI is InChI=1S/C18H21N3O4/c1-12-9-14(22)10-17(24)21(12)7-4-16(23)20-15-5-8-25-18(15)13-3-2-6-19-11-13/h2-3,6,9-11,15,18,22H,4-5,7-8H2,1H3,(H,20,23)/t15-,18+/m0/s1. The lowest BCUT2D eigenvalue weighted by Crippen LogP contribution is -2.37. The molecule has 0 aromatic carbocycles.